The number of likely N-dealkylation sites (N-methyl/N-ethyl adjacent to an activating group) is 1. The van der Waals surface area contributed by atoms with Gasteiger partial charge in [0.05, 0.1) is 7.11 Å². The molecule has 2 atom stereocenters. The minimum atomic E-state index is 0.443. The third kappa shape index (κ3) is 3.24. The van der Waals surface area contributed by atoms with Crippen LogP contribution in [0.4, 0.5) is 0 Å². The maximum Gasteiger partial charge on any atom is 0.119 e. The highest BCUT2D eigenvalue weighted by molar-refractivity contribution is 5.42. The molecule has 116 valence electrons. The molecule has 1 saturated carbocycles. The Labute approximate surface area is 128 Å². The highest BCUT2D eigenvalue weighted by Gasteiger charge is 2.36. The first-order valence-electron chi connectivity index (χ1n) is 8.33. The van der Waals surface area contributed by atoms with Crippen LogP contribution in [0.15, 0.2) is 18.2 Å². The van der Waals surface area contributed by atoms with Gasteiger partial charge in [-0.05, 0) is 68.5 Å². The van der Waals surface area contributed by atoms with Crippen molar-refractivity contribution in [2.45, 2.75) is 44.7 Å². The van der Waals surface area contributed by atoms with Crippen molar-refractivity contribution in [3.8, 4) is 5.75 Å². The Bertz CT molecular complexity index is 484. The van der Waals surface area contributed by atoms with Crippen LogP contribution in [0.3, 0.4) is 0 Å². The van der Waals surface area contributed by atoms with Crippen LogP contribution >= 0.6 is 0 Å². The molecule has 0 radical (unpaired) electrons. The fourth-order valence-corrected chi connectivity index (χ4v) is 3.53. The maximum absolute atomic E-state index is 5.42. The second-order valence-corrected chi connectivity index (χ2v) is 6.65. The Morgan fingerprint density at radius 1 is 1.33 bits per heavy atom. The van der Waals surface area contributed by atoms with E-state index >= 15 is 0 Å². The lowest BCUT2D eigenvalue weighted by atomic mass is 10.1. The van der Waals surface area contributed by atoms with E-state index in [4.69, 9.17) is 4.74 Å². The number of benzene rings is 1. The number of ether oxygens (including phenoxy) is 1. The summed E-state index contributed by atoms with van der Waals surface area (Å²) in [5, 5.41) is 3.77. The molecule has 2 aliphatic rings. The predicted octanol–water partition coefficient (Wildman–Crippen LogP) is 3.00. The van der Waals surface area contributed by atoms with Gasteiger partial charge in [-0.25, -0.2) is 0 Å². The van der Waals surface area contributed by atoms with Crippen LogP contribution in [0.2, 0.25) is 0 Å². The highest BCUT2D eigenvalue weighted by atomic mass is 16.5. The molecule has 1 fully saturated rings. The predicted molar refractivity (Wildman–Crippen MR) is 86.9 cm³/mol. The van der Waals surface area contributed by atoms with E-state index in [1.807, 2.05) is 0 Å². The molecule has 0 aromatic heterocycles. The topological polar surface area (TPSA) is 24.5 Å². The standard InChI is InChI=1S/C18H28N2O/c1-4-9-19-18-16-11-15(21-3)8-7-14(16)10-17(18)20(2)12-13-5-6-13/h7-8,11,13,17-19H,4-6,9-10,12H2,1-3H3. The van der Waals surface area contributed by atoms with E-state index in [9.17, 15) is 0 Å². The van der Waals surface area contributed by atoms with Crippen LogP contribution in [-0.4, -0.2) is 38.2 Å². The van der Waals surface area contributed by atoms with Gasteiger partial charge in [0.2, 0.25) is 0 Å². The second-order valence-electron chi connectivity index (χ2n) is 6.65. The molecular formula is C18H28N2O. The minimum absolute atomic E-state index is 0.443. The smallest absolute Gasteiger partial charge is 0.119 e. The molecule has 0 bridgehead atoms. The second kappa shape index (κ2) is 6.37. The molecule has 0 aliphatic heterocycles. The molecule has 0 heterocycles. The van der Waals surface area contributed by atoms with E-state index < -0.39 is 0 Å². The normalized spacial score (nSPS) is 24.4. The van der Waals surface area contributed by atoms with Gasteiger partial charge in [0.25, 0.3) is 0 Å². The quantitative estimate of drug-likeness (QED) is 0.835. The largest absolute Gasteiger partial charge is 0.497 e. The SMILES string of the molecule is CCCNC1c2cc(OC)ccc2CC1N(C)CC1CC1. The van der Waals surface area contributed by atoms with E-state index in [0.717, 1.165) is 24.6 Å². The van der Waals surface area contributed by atoms with E-state index in [0.29, 0.717) is 12.1 Å². The maximum atomic E-state index is 5.42. The van der Waals surface area contributed by atoms with Crippen LogP contribution < -0.4 is 10.1 Å². The Hall–Kier alpha value is -1.06. The summed E-state index contributed by atoms with van der Waals surface area (Å²) in [4.78, 5) is 2.58. The van der Waals surface area contributed by atoms with Crippen molar-refractivity contribution in [2.24, 2.45) is 5.92 Å². The van der Waals surface area contributed by atoms with E-state index in [1.54, 1.807) is 7.11 Å². The van der Waals surface area contributed by atoms with Gasteiger partial charge in [0.1, 0.15) is 5.75 Å². The zero-order valence-electron chi connectivity index (χ0n) is 13.6. The van der Waals surface area contributed by atoms with E-state index in [-0.39, 0.29) is 0 Å². The molecule has 3 heteroatoms. The number of methoxy groups -OCH3 is 1. The summed E-state index contributed by atoms with van der Waals surface area (Å²) in [6.45, 7) is 4.56. The molecule has 0 amide bonds. The number of hydrogen-bond donors (Lipinski definition) is 1. The van der Waals surface area contributed by atoms with Crippen molar-refractivity contribution < 1.29 is 4.74 Å². The fourth-order valence-electron chi connectivity index (χ4n) is 3.53. The molecule has 21 heavy (non-hydrogen) atoms. The van der Waals surface area contributed by atoms with Crippen molar-refractivity contribution in [3.05, 3.63) is 29.3 Å². The fraction of sp³-hybridized carbons (Fsp3) is 0.667. The van der Waals surface area contributed by atoms with Gasteiger partial charge in [-0.3, -0.25) is 0 Å². The van der Waals surface area contributed by atoms with Gasteiger partial charge in [-0.1, -0.05) is 13.0 Å². The summed E-state index contributed by atoms with van der Waals surface area (Å²) >= 11 is 0. The molecule has 1 N–H and O–H groups in total. The van der Waals surface area contributed by atoms with Crippen molar-refractivity contribution in [1.82, 2.24) is 10.2 Å². The van der Waals surface area contributed by atoms with Crippen LogP contribution in [0.25, 0.3) is 0 Å². The van der Waals surface area contributed by atoms with Gasteiger partial charge in [0.15, 0.2) is 0 Å². The van der Waals surface area contributed by atoms with Crippen LogP contribution in [-0.2, 0) is 6.42 Å². The van der Waals surface area contributed by atoms with E-state index in [2.05, 4.69) is 42.4 Å². The number of nitrogens with one attached hydrogen (secondary N) is 1. The van der Waals surface area contributed by atoms with Crippen LogP contribution in [0, 0.1) is 5.92 Å². The first kappa shape index (κ1) is 14.9. The summed E-state index contributed by atoms with van der Waals surface area (Å²) < 4.78 is 5.42. The van der Waals surface area contributed by atoms with Crippen molar-refractivity contribution >= 4 is 0 Å². The molecule has 0 saturated heterocycles. The van der Waals surface area contributed by atoms with Crippen molar-refractivity contribution in [1.29, 1.82) is 0 Å². The summed E-state index contributed by atoms with van der Waals surface area (Å²) in [5.74, 6) is 1.92. The summed E-state index contributed by atoms with van der Waals surface area (Å²) in [7, 11) is 4.05. The number of fused-ring (bicyclic) bond motifs is 1. The molecule has 1 aromatic carbocycles. The van der Waals surface area contributed by atoms with Gasteiger partial charge >= 0.3 is 0 Å². The average molecular weight is 288 g/mol. The van der Waals surface area contributed by atoms with E-state index in [1.165, 1.54) is 36.9 Å². The molecule has 2 unspecified atom stereocenters. The Morgan fingerprint density at radius 3 is 2.81 bits per heavy atom. The lowest BCUT2D eigenvalue weighted by Gasteiger charge is -2.30. The Morgan fingerprint density at radius 2 is 2.14 bits per heavy atom. The number of rotatable bonds is 7. The van der Waals surface area contributed by atoms with Crippen LogP contribution in [0.5, 0.6) is 5.75 Å². The highest BCUT2D eigenvalue weighted by Crippen LogP contribution is 2.38. The lowest BCUT2D eigenvalue weighted by molar-refractivity contribution is 0.196. The Balaban J connectivity index is 1.80. The summed E-state index contributed by atoms with van der Waals surface area (Å²) in [6.07, 6.45) is 5.18. The van der Waals surface area contributed by atoms with Crippen molar-refractivity contribution in [3.63, 3.8) is 0 Å². The first-order valence-corrected chi connectivity index (χ1v) is 8.33. The molecule has 3 rings (SSSR count). The Kier molecular flexibility index (Phi) is 4.51. The molecule has 0 spiro atoms. The zero-order valence-corrected chi connectivity index (χ0v) is 13.6. The lowest BCUT2D eigenvalue weighted by Crippen LogP contribution is -2.42. The number of hydrogen-bond acceptors (Lipinski definition) is 3. The first-order chi connectivity index (χ1) is 10.2. The van der Waals surface area contributed by atoms with Gasteiger partial charge in [-0.15, -0.1) is 0 Å². The van der Waals surface area contributed by atoms with Gasteiger partial charge < -0.3 is 15.0 Å². The summed E-state index contributed by atoms with van der Waals surface area (Å²) in [5.41, 5.74) is 2.92. The zero-order chi connectivity index (χ0) is 14.8. The monoisotopic (exact) mass is 288 g/mol. The van der Waals surface area contributed by atoms with Crippen LogP contribution in [0.1, 0.15) is 43.4 Å². The van der Waals surface area contributed by atoms with Gasteiger partial charge in [-0.2, -0.15) is 0 Å². The summed E-state index contributed by atoms with van der Waals surface area (Å²) in [6, 6.07) is 7.60. The molecule has 2 aliphatic carbocycles. The molecule has 3 nitrogen and oxygen atoms in total. The van der Waals surface area contributed by atoms with Gasteiger partial charge in [0, 0.05) is 18.6 Å². The molecular weight excluding hydrogens is 260 g/mol. The third-order valence-electron chi connectivity index (χ3n) is 4.93. The molecule has 1 aromatic rings. The van der Waals surface area contributed by atoms with Crippen molar-refractivity contribution in [2.75, 3.05) is 27.2 Å². The minimum Gasteiger partial charge on any atom is -0.497 e. The third-order valence-corrected chi connectivity index (χ3v) is 4.93. The average Bonchev–Trinajstić information content (AvgIpc) is 3.23. The number of nitrogens with zero attached hydrogens (tertiary/aromatic N) is 1.